The van der Waals surface area contributed by atoms with Gasteiger partial charge in [0.05, 0.1) is 25.1 Å². The predicted octanol–water partition coefficient (Wildman–Crippen LogP) is 0.191. The van der Waals surface area contributed by atoms with Crippen LogP contribution >= 0.6 is 15.9 Å². The van der Waals surface area contributed by atoms with Crippen LogP contribution in [-0.2, 0) is 4.74 Å². The van der Waals surface area contributed by atoms with Gasteiger partial charge in [-0.25, -0.2) is 10.1 Å². The molecule has 6 nitrogen and oxygen atoms in total. The Morgan fingerprint density at radius 2 is 2.27 bits per heavy atom. The number of nitrogens with zero attached hydrogens (tertiary/aromatic N) is 2. The van der Waals surface area contributed by atoms with Crippen LogP contribution in [0.4, 0.5) is 5.69 Å². The van der Waals surface area contributed by atoms with Crippen LogP contribution in [-0.4, -0.2) is 41.5 Å². The molecule has 0 radical (unpaired) electrons. The number of aromatic nitrogens is 2. The molecule has 0 spiro atoms. The molecule has 0 aromatic carbocycles. The van der Waals surface area contributed by atoms with E-state index in [1.165, 1.54) is 0 Å². The molecule has 2 rings (SSSR count). The van der Waals surface area contributed by atoms with Crippen molar-refractivity contribution in [3.8, 4) is 0 Å². The number of H-pyrrole nitrogens is 1. The van der Waals surface area contributed by atoms with Crippen molar-refractivity contribution >= 4 is 21.6 Å². The summed E-state index contributed by atoms with van der Waals surface area (Å²) in [4.78, 5) is 11.2. The van der Waals surface area contributed by atoms with Gasteiger partial charge in [0.15, 0.2) is 0 Å². The van der Waals surface area contributed by atoms with Crippen molar-refractivity contribution in [3.05, 3.63) is 21.0 Å². The summed E-state index contributed by atoms with van der Waals surface area (Å²) in [6, 6.07) is 0. The van der Waals surface area contributed by atoms with Gasteiger partial charge in [0.2, 0.25) is 0 Å². The number of hydrogen-bond acceptors (Lipinski definition) is 5. The van der Waals surface area contributed by atoms with E-state index in [-0.39, 0.29) is 5.56 Å². The van der Waals surface area contributed by atoms with Gasteiger partial charge in [-0.15, -0.1) is 0 Å². The molecule has 1 fully saturated rings. The molecule has 1 aromatic heterocycles. The van der Waals surface area contributed by atoms with Crippen LogP contribution < -0.4 is 11.0 Å². The highest BCUT2D eigenvalue weighted by molar-refractivity contribution is 9.10. The maximum atomic E-state index is 11.2. The maximum absolute atomic E-state index is 11.2. The summed E-state index contributed by atoms with van der Waals surface area (Å²) in [6.07, 6.45) is 1.57. The molecule has 0 saturated carbocycles. The number of rotatable bonds is 2. The Hall–Kier alpha value is -0.920. The quantitative estimate of drug-likeness (QED) is 0.806. The average molecular weight is 275 g/mol. The molecule has 82 valence electrons. The molecule has 0 unspecified atom stereocenters. The first-order valence-corrected chi connectivity index (χ1v) is 5.39. The molecule has 0 atom stereocenters. The summed E-state index contributed by atoms with van der Waals surface area (Å²) in [6.45, 7) is 2.97. The van der Waals surface area contributed by atoms with Crippen LogP contribution in [0.2, 0.25) is 0 Å². The van der Waals surface area contributed by atoms with E-state index in [0.717, 1.165) is 13.1 Å². The Bertz CT molecular complexity index is 388. The second-order valence-corrected chi connectivity index (χ2v) is 3.93. The summed E-state index contributed by atoms with van der Waals surface area (Å²) in [5.74, 6) is 0. The fourth-order valence-electron chi connectivity index (χ4n) is 1.31. The summed E-state index contributed by atoms with van der Waals surface area (Å²) in [5, 5.41) is 8.05. The minimum atomic E-state index is -0.242. The molecule has 15 heavy (non-hydrogen) atoms. The monoisotopic (exact) mass is 274 g/mol. The fraction of sp³-hybridized carbons (Fsp3) is 0.500. The van der Waals surface area contributed by atoms with Crippen molar-refractivity contribution in [3.63, 3.8) is 0 Å². The van der Waals surface area contributed by atoms with E-state index in [9.17, 15) is 4.79 Å². The lowest BCUT2D eigenvalue weighted by Gasteiger charge is -2.27. The van der Waals surface area contributed by atoms with Crippen LogP contribution in [0.1, 0.15) is 0 Å². The molecule has 0 amide bonds. The van der Waals surface area contributed by atoms with Gasteiger partial charge < -0.3 is 10.2 Å². The number of aromatic amines is 1. The first-order valence-electron chi connectivity index (χ1n) is 4.60. The Morgan fingerprint density at radius 3 is 3.00 bits per heavy atom. The molecule has 0 aliphatic carbocycles. The number of hydrogen-bond donors (Lipinski definition) is 2. The molecule has 0 bridgehead atoms. The Labute approximate surface area is 94.7 Å². The third-order valence-corrected chi connectivity index (χ3v) is 2.87. The van der Waals surface area contributed by atoms with Gasteiger partial charge in [0, 0.05) is 13.1 Å². The summed E-state index contributed by atoms with van der Waals surface area (Å²) in [5.41, 5.74) is 3.54. The Morgan fingerprint density at radius 1 is 1.53 bits per heavy atom. The fourth-order valence-corrected chi connectivity index (χ4v) is 1.59. The van der Waals surface area contributed by atoms with Gasteiger partial charge in [-0.2, -0.15) is 5.10 Å². The highest BCUT2D eigenvalue weighted by Crippen LogP contribution is 2.16. The Balaban J connectivity index is 2.09. The van der Waals surface area contributed by atoms with Crippen molar-refractivity contribution in [1.29, 1.82) is 0 Å². The van der Waals surface area contributed by atoms with Crippen molar-refractivity contribution < 1.29 is 4.74 Å². The van der Waals surface area contributed by atoms with Gasteiger partial charge in [0.1, 0.15) is 4.47 Å². The number of morpholine rings is 1. The second kappa shape index (κ2) is 4.73. The topological polar surface area (TPSA) is 70.2 Å². The van der Waals surface area contributed by atoms with E-state index in [0.29, 0.717) is 23.4 Å². The number of anilines is 1. The van der Waals surface area contributed by atoms with E-state index in [1.54, 1.807) is 6.20 Å². The van der Waals surface area contributed by atoms with E-state index in [2.05, 4.69) is 31.6 Å². The van der Waals surface area contributed by atoms with Gasteiger partial charge in [0.25, 0.3) is 5.56 Å². The molecule has 2 N–H and O–H groups in total. The molecular weight excluding hydrogens is 264 g/mol. The minimum absolute atomic E-state index is 0.242. The first-order chi connectivity index (χ1) is 7.27. The normalized spacial score (nSPS) is 17.7. The molecular formula is C8H11BrN4O2. The van der Waals surface area contributed by atoms with Crippen LogP contribution in [0.5, 0.6) is 0 Å². The van der Waals surface area contributed by atoms with Gasteiger partial charge in [-0.05, 0) is 15.9 Å². The third kappa shape index (κ3) is 2.55. The largest absolute Gasteiger partial charge is 0.379 e. The maximum Gasteiger partial charge on any atom is 0.280 e. The summed E-state index contributed by atoms with van der Waals surface area (Å²) < 4.78 is 5.68. The zero-order chi connectivity index (χ0) is 10.7. The van der Waals surface area contributed by atoms with Crippen molar-refractivity contribution in [1.82, 2.24) is 15.2 Å². The van der Waals surface area contributed by atoms with E-state index >= 15 is 0 Å². The predicted molar refractivity (Wildman–Crippen MR) is 58.6 cm³/mol. The molecule has 7 heteroatoms. The van der Waals surface area contributed by atoms with Crippen LogP contribution in [0.3, 0.4) is 0 Å². The lowest BCUT2D eigenvalue weighted by Crippen LogP contribution is -2.40. The summed E-state index contributed by atoms with van der Waals surface area (Å²) >= 11 is 3.20. The van der Waals surface area contributed by atoms with Gasteiger partial charge in [-0.1, -0.05) is 0 Å². The zero-order valence-corrected chi connectivity index (χ0v) is 9.58. The first kappa shape index (κ1) is 10.6. The van der Waals surface area contributed by atoms with Crippen molar-refractivity contribution in [2.45, 2.75) is 0 Å². The molecule has 1 aliphatic rings. The zero-order valence-electron chi connectivity index (χ0n) is 7.99. The average Bonchev–Trinajstić information content (AvgIpc) is 2.26. The molecule has 1 aromatic rings. The van der Waals surface area contributed by atoms with Crippen LogP contribution in [0.15, 0.2) is 15.5 Å². The highest BCUT2D eigenvalue weighted by Gasteiger charge is 2.12. The number of halogens is 1. The highest BCUT2D eigenvalue weighted by atomic mass is 79.9. The molecule has 2 heterocycles. The summed E-state index contributed by atoms with van der Waals surface area (Å²) in [7, 11) is 0. The lowest BCUT2D eigenvalue weighted by atomic mass is 10.4. The van der Waals surface area contributed by atoms with Crippen LogP contribution in [0, 0.1) is 0 Å². The number of hydrazine groups is 1. The third-order valence-electron chi connectivity index (χ3n) is 2.09. The lowest BCUT2D eigenvalue weighted by molar-refractivity contribution is 0.0496. The van der Waals surface area contributed by atoms with Gasteiger partial charge in [-0.3, -0.25) is 4.79 Å². The van der Waals surface area contributed by atoms with E-state index in [4.69, 9.17) is 4.74 Å². The second-order valence-electron chi connectivity index (χ2n) is 3.14. The number of ether oxygens (including phenoxy) is 1. The molecule has 1 saturated heterocycles. The van der Waals surface area contributed by atoms with Gasteiger partial charge >= 0.3 is 0 Å². The van der Waals surface area contributed by atoms with E-state index < -0.39 is 0 Å². The smallest absolute Gasteiger partial charge is 0.280 e. The van der Waals surface area contributed by atoms with Crippen molar-refractivity contribution in [2.75, 3.05) is 31.7 Å². The standard InChI is InChI=1S/C8H11BrN4O2/c9-7-6(5-10-11-8(7)14)12-13-1-3-15-4-2-13/h5H,1-4H2,(H2,11,12,14). The van der Waals surface area contributed by atoms with Crippen LogP contribution in [0.25, 0.3) is 0 Å². The van der Waals surface area contributed by atoms with Crippen molar-refractivity contribution in [2.24, 2.45) is 0 Å². The minimum Gasteiger partial charge on any atom is -0.379 e. The SMILES string of the molecule is O=c1[nH]ncc(NN2CCOCC2)c1Br. The molecule has 1 aliphatic heterocycles. The Kier molecular flexibility index (Phi) is 3.34. The number of nitrogens with one attached hydrogen (secondary N) is 2. The van der Waals surface area contributed by atoms with E-state index in [1.807, 2.05) is 5.01 Å².